The van der Waals surface area contributed by atoms with Crippen molar-refractivity contribution in [2.75, 3.05) is 0 Å². The topological polar surface area (TPSA) is 40.5 Å². The van der Waals surface area contributed by atoms with Crippen molar-refractivity contribution < 1.29 is 61.2 Å². The van der Waals surface area contributed by atoms with Gasteiger partial charge in [-0.05, 0) is 87.1 Å². The number of halogens is 2. The van der Waals surface area contributed by atoms with E-state index >= 15 is 0 Å². The molecule has 5 heteroatoms. The molecule has 2 nitrogen and oxygen atoms in total. The molecule has 0 aliphatic heterocycles. The van der Waals surface area contributed by atoms with Gasteiger partial charge in [0, 0.05) is 0 Å². The number of aryl methyl sites for hydroxylation is 2. The molecular formula is C18H24Cl2O2Zr. The second kappa shape index (κ2) is 12.0. The Morgan fingerprint density at radius 2 is 0.783 bits per heavy atom. The van der Waals surface area contributed by atoms with Crippen LogP contribution in [0.1, 0.15) is 33.4 Å². The minimum absolute atomic E-state index is 0. The summed E-state index contributed by atoms with van der Waals surface area (Å²) in [5.74, 6) is 0.784. The minimum Gasteiger partial charge on any atom is -1.00 e. The summed E-state index contributed by atoms with van der Waals surface area (Å²) in [4.78, 5) is 0. The van der Waals surface area contributed by atoms with Gasteiger partial charge in [-0.3, -0.25) is 0 Å². The first-order valence-electron chi connectivity index (χ1n) is 6.77. The van der Waals surface area contributed by atoms with E-state index in [2.05, 4.69) is 0 Å². The molecule has 0 unspecified atom stereocenters. The largest absolute Gasteiger partial charge is 2.00 e. The van der Waals surface area contributed by atoms with Crippen molar-refractivity contribution >= 4 is 0 Å². The van der Waals surface area contributed by atoms with Crippen molar-refractivity contribution in [3.63, 3.8) is 0 Å². The van der Waals surface area contributed by atoms with Crippen LogP contribution < -0.4 is 24.8 Å². The van der Waals surface area contributed by atoms with Crippen LogP contribution in [0.15, 0.2) is 24.3 Å². The second-order valence-electron chi connectivity index (χ2n) is 5.30. The molecule has 0 aromatic heterocycles. The molecule has 0 atom stereocenters. The number of hydrogen-bond donors (Lipinski definition) is 2. The SMILES string of the molecule is Cc1ccc(O)c(C)c1C.Cc1ccc(O)c(C)c1C.[Cl-].[Cl-].[Zr+2]. The number of aromatic hydroxyl groups is 2. The fourth-order valence-corrected chi connectivity index (χ4v) is 1.88. The Morgan fingerprint density at radius 3 is 1.00 bits per heavy atom. The molecule has 0 bridgehead atoms. The Kier molecular flexibility index (Phi) is 14.2. The Hall–Kier alpha value is -0.497. The molecule has 2 rings (SSSR count). The average molecular weight is 435 g/mol. The summed E-state index contributed by atoms with van der Waals surface area (Å²) < 4.78 is 0. The first kappa shape index (κ1) is 27.4. The van der Waals surface area contributed by atoms with Gasteiger partial charge in [-0.25, -0.2) is 0 Å². The van der Waals surface area contributed by atoms with Crippen LogP contribution in [0.2, 0.25) is 0 Å². The molecule has 0 fully saturated rings. The fourth-order valence-electron chi connectivity index (χ4n) is 1.88. The third-order valence-corrected chi connectivity index (χ3v) is 4.06. The first-order chi connectivity index (χ1) is 9.25. The molecular weight excluding hydrogens is 410 g/mol. The van der Waals surface area contributed by atoms with Gasteiger partial charge in [-0.2, -0.15) is 0 Å². The van der Waals surface area contributed by atoms with Crippen LogP contribution in [-0.4, -0.2) is 10.2 Å². The van der Waals surface area contributed by atoms with Crippen LogP contribution in [0.25, 0.3) is 0 Å². The van der Waals surface area contributed by atoms with Crippen molar-refractivity contribution in [2.45, 2.75) is 41.5 Å². The van der Waals surface area contributed by atoms with Crippen molar-refractivity contribution in [3.8, 4) is 11.5 Å². The summed E-state index contributed by atoms with van der Waals surface area (Å²) in [6, 6.07) is 7.32. The van der Waals surface area contributed by atoms with Gasteiger partial charge in [0.25, 0.3) is 0 Å². The summed E-state index contributed by atoms with van der Waals surface area (Å²) in [5, 5.41) is 18.4. The Morgan fingerprint density at radius 1 is 0.522 bits per heavy atom. The van der Waals surface area contributed by atoms with Gasteiger partial charge in [0.2, 0.25) is 0 Å². The number of phenolic OH excluding ortho intramolecular Hbond substituents is 2. The zero-order valence-corrected chi connectivity index (χ0v) is 18.4. The fraction of sp³-hybridized carbons (Fsp3) is 0.333. The third-order valence-electron chi connectivity index (χ3n) is 4.06. The molecule has 23 heavy (non-hydrogen) atoms. The molecule has 0 spiro atoms. The maximum Gasteiger partial charge on any atom is 2.00 e. The van der Waals surface area contributed by atoms with Gasteiger partial charge >= 0.3 is 26.2 Å². The quantitative estimate of drug-likeness (QED) is 0.538. The second-order valence-corrected chi connectivity index (χ2v) is 5.30. The monoisotopic (exact) mass is 432 g/mol. The van der Waals surface area contributed by atoms with E-state index in [-0.39, 0.29) is 51.0 Å². The molecule has 2 aromatic rings. The molecule has 0 aliphatic rings. The Balaban J connectivity index is -0.000000308. The zero-order valence-electron chi connectivity index (χ0n) is 14.5. The van der Waals surface area contributed by atoms with E-state index in [1.54, 1.807) is 12.1 Å². The molecule has 0 radical (unpaired) electrons. The maximum atomic E-state index is 9.22. The summed E-state index contributed by atoms with van der Waals surface area (Å²) in [6.45, 7) is 12.0. The third kappa shape index (κ3) is 7.29. The van der Waals surface area contributed by atoms with Crippen molar-refractivity contribution in [1.82, 2.24) is 0 Å². The summed E-state index contributed by atoms with van der Waals surface area (Å²) in [7, 11) is 0. The van der Waals surface area contributed by atoms with Gasteiger partial charge in [-0.15, -0.1) is 0 Å². The first-order valence-corrected chi connectivity index (χ1v) is 6.77. The van der Waals surface area contributed by atoms with Crippen LogP contribution in [0.3, 0.4) is 0 Å². The molecule has 2 N–H and O–H groups in total. The van der Waals surface area contributed by atoms with E-state index in [1.165, 1.54) is 22.3 Å². The molecule has 0 heterocycles. The number of hydrogen-bond acceptors (Lipinski definition) is 2. The van der Waals surface area contributed by atoms with Crippen LogP contribution in [0.4, 0.5) is 0 Å². The van der Waals surface area contributed by atoms with Crippen LogP contribution in [0, 0.1) is 41.5 Å². The minimum atomic E-state index is 0. The number of benzene rings is 2. The Bertz CT molecular complexity index is 519. The molecule has 0 amide bonds. The van der Waals surface area contributed by atoms with Crippen molar-refractivity contribution in [2.24, 2.45) is 0 Å². The van der Waals surface area contributed by atoms with Crippen molar-refractivity contribution in [3.05, 3.63) is 57.6 Å². The molecule has 2 aromatic carbocycles. The van der Waals surface area contributed by atoms with E-state index in [0.717, 1.165) is 11.1 Å². The van der Waals surface area contributed by atoms with E-state index in [0.29, 0.717) is 11.5 Å². The summed E-state index contributed by atoms with van der Waals surface area (Å²) in [6.07, 6.45) is 0. The predicted molar refractivity (Wildman–Crippen MR) is 84.6 cm³/mol. The Labute approximate surface area is 171 Å². The maximum absolute atomic E-state index is 9.22. The predicted octanol–water partition coefficient (Wildman–Crippen LogP) is -1.36. The summed E-state index contributed by atoms with van der Waals surface area (Å²) >= 11 is 0. The standard InChI is InChI=1S/2C9H12O.2ClH.Zr/c2*1-6-4-5-9(10)8(3)7(6)2;;;/h2*4-5,10H,1-3H3;2*1H;/q;;;;+2/p-2. The van der Waals surface area contributed by atoms with Crippen LogP contribution in [0.5, 0.6) is 11.5 Å². The normalized spacial score (nSPS) is 8.61. The van der Waals surface area contributed by atoms with E-state index in [1.807, 2.05) is 53.7 Å². The molecule has 0 aliphatic carbocycles. The number of phenols is 2. The smallest absolute Gasteiger partial charge is 1.00 e. The van der Waals surface area contributed by atoms with E-state index in [4.69, 9.17) is 0 Å². The van der Waals surface area contributed by atoms with Gasteiger partial charge in [0.15, 0.2) is 0 Å². The van der Waals surface area contributed by atoms with Crippen LogP contribution in [-0.2, 0) is 26.2 Å². The van der Waals surface area contributed by atoms with Gasteiger partial charge in [-0.1, -0.05) is 12.1 Å². The van der Waals surface area contributed by atoms with Crippen LogP contribution >= 0.6 is 0 Å². The zero-order chi connectivity index (χ0) is 15.4. The van der Waals surface area contributed by atoms with Gasteiger partial charge in [0.1, 0.15) is 11.5 Å². The molecule has 0 saturated heterocycles. The average Bonchev–Trinajstić information content (AvgIpc) is 2.43. The summed E-state index contributed by atoms with van der Waals surface area (Å²) in [5.41, 5.74) is 6.80. The van der Waals surface area contributed by atoms with Crippen molar-refractivity contribution in [1.29, 1.82) is 0 Å². The molecule has 126 valence electrons. The molecule has 0 saturated carbocycles. The van der Waals surface area contributed by atoms with E-state index < -0.39 is 0 Å². The van der Waals surface area contributed by atoms with Gasteiger partial charge < -0.3 is 35.0 Å². The van der Waals surface area contributed by atoms with Gasteiger partial charge in [0.05, 0.1) is 0 Å². The van der Waals surface area contributed by atoms with E-state index in [9.17, 15) is 10.2 Å². The number of rotatable bonds is 0.